The van der Waals surface area contributed by atoms with Crippen molar-refractivity contribution in [2.24, 2.45) is 0 Å². The van der Waals surface area contributed by atoms with E-state index in [1.165, 1.54) is 4.80 Å². The van der Waals surface area contributed by atoms with Crippen LogP contribution in [0.3, 0.4) is 0 Å². The number of ether oxygens (including phenoxy) is 1. The number of hydrogen-bond donors (Lipinski definition) is 0. The van der Waals surface area contributed by atoms with Crippen molar-refractivity contribution in [3.05, 3.63) is 70.8 Å². The van der Waals surface area contributed by atoms with Crippen LogP contribution in [-0.4, -0.2) is 49.6 Å². The number of hydrogen-bond acceptors (Lipinski definition) is 7. The number of aromatic nitrogens is 5. The van der Waals surface area contributed by atoms with Gasteiger partial charge in [0.05, 0.1) is 36.8 Å². The Labute approximate surface area is 194 Å². The molecule has 1 unspecified atom stereocenters. The zero-order chi connectivity index (χ0) is 22.9. The Bertz CT molecular complexity index is 1300. The second-order valence-corrected chi connectivity index (χ2v) is 8.27. The van der Waals surface area contributed by atoms with E-state index in [4.69, 9.17) is 20.9 Å². The fourth-order valence-electron chi connectivity index (χ4n) is 4.10. The Balaban J connectivity index is 1.46. The number of halogens is 1. The first-order valence-electron chi connectivity index (χ1n) is 10.5. The molecule has 1 saturated heterocycles. The van der Waals surface area contributed by atoms with Gasteiger partial charge in [0.25, 0.3) is 11.8 Å². The van der Waals surface area contributed by atoms with Gasteiger partial charge in [-0.15, -0.1) is 0 Å². The van der Waals surface area contributed by atoms with E-state index in [2.05, 4.69) is 20.3 Å². The molecule has 2 aromatic carbocycles. The third kappa shape index (κ3) is 4.07. The van der Waals surface area contributed by atoms with Crippen LogP contribution >= 0.6 is 11.6 Å². The highest BCUT2D eigenvalue weighted by Gasteiger charge is 2.35. The first kappa shape index (κ1) is 21.1. The van der Waals surface area contributed by atoms with Gasteiger partial charge in [0.2, 0.25) is 0 Å². The van der Waals surface area contributed by atoms with Gasteiger partial charge in [0.15, 0.2) is 5.82 Å². The molecule has 1 aliphatic heterocycles. The Morgan fingerprint density at radius 1 is 1.18 bits per heavy atom. The molecule has 0 aliphatic carbocycles. The van der Waals surface area contributed by atoms with Gasteiger partial charge in [0.1, 0.15) is 5.75 Å². The molecule has 10 heteroatoms. The molecule has 4 aromatic rings. The third-order valence-corrected chi connectivity index (χ3v) is 5.85. The lowest BCUT2D eigenvalue weighted by Gasteiger charge is -2.23. The largest absolute Gasteiger partial charge is 0.497 e. The summed E-state index contributed by atoms with van der Waals surface area (Å²) in [4.78, 5) is 21.3. The molecule has 0 spiro atoms. The highest BCUT2D eigenvalue weighted by atomic mass is 35.5. The molecule has 5 rings (SSSR count). The van der Waals surface area contributed by atoms with Gasteiger partial charge in [-0.05, 0) is 61.7 Å². The first-order valence-corrected chi connectivity index (χ1v) is 10.9. The normalized spacial score (nSPS) is 15.7. The van der Waals surface area contributed by atoms with Crippen molar-refractivity contribution in [3.63, 3.8) is 0 Å². The first-order chi connectivity index (χ1) is 16.0. The van der Waals surface area contributed by atoms with Crippen molar-refractivity contribution in [1.29, 1.82) is 0 Å². The highest BCUT2D eigenvalue weighted by molar-refractivity contribution is 6.31. The molecule has 3 heterocycles. The van der Waals surface area contributed by atoms with Gasteiger partial charge in [-0.25, -0.2) is 0 Å². The van der Waals surface area contributed by atoms with Crippen LogP contribution < -0.4 is 4.74 Å². The summed E-state index contributed by atoms with van der Waals surface area (Å²) in [5.41, 5.74) is 2.76. The maximum Gasteiger partial charge on any atom is 0.258 e. The number of rotatable bonds is 5. The molecule has 0 saturated carbocycles. The zero-order valence-corrected chi connectivity index (χ0v) is 18.9. The number of amides is 1. The molecule has 1 aliphatic rings. The summed E-state index contributed by atoms with van der Waals surface area (Å²) in [5.74, 6) is 1.42. The van der Waals surface area contributed by atoms with Gasteiger partial charge >= 0.3 is 0 Å². The minimum Gasteiger partial charge on any atom is -0.497 e. The molecular formula is C23H21ClN6O3. The monoisotopic (exact) mass is 464 g/mol. The van der Waals surface area contributed by atoms with E-state index in [1.54, 1.807) is 42.6 Å². The van der Waals surface area contributed by atoms with Gasteiger partial charge in [-0.1, -0.05) is 16.8 Å². The quantitative estimate of drug-likeness (QED) is 0.435. The lowest BCUT2D eigenvalue weighted by Crippen LogP contribution is -2.32. The van der Waals surface area contributed by atoms with Crippen LogP contribution in [0.1, 0.15) is 40.6 Å². The van der Waals surface area contributed by atoms with E-state index < -0.39 is 0 Å². The van der Waals surface area contributed by atoms with Crippen molar-refractivity contribution < 1.29 is 14.1 Å². The SMILES string of the molecule is COc1cc(C)cc(-c2nc(C3CCCN3C(=O)c3ccc(Cl)cc3-n3nccn3)no2)c1. The minimum absolute atomic E-state index is 0.162. The summed E-state index contributed by atoms with van der Waals surface area (Å²) in [5, 5.41) is 13.0. The standard InChI is InChI=1S/C23H21ClN6O3/c1-14-10-15(12-17(11-14)32-2)22-27-21(28-33-22)19-4-3-9-29(19)23(31)18-6-5-16(24)13-20(18)30-25-7-8-26-30/h5-8,10-13,19H,3-4,9H2,1-2H3. The van der Waals surface area contributed by atoms with E-state index in [9.17, 15) is 4.79 Å². The maximum absolute atomic E-state index is 13.6. The predicted octanol–water partition coefficient (Wildman–Crippen LogP) is 4.27. The molecule has 2 aromatic heterocycles. The number of methoxy groups -OCH3 is 1. The van der Waals surface area contributed by atoms with Crippen LogP contribution in [0.15, 0.2) is 53.3 Å². The Morgan fingerprint density at radius 3 is 2.79 bits per heavy atom. The number of aryl methyl sites for hydroxylation is 1. The molecule has 9 nitrogen and oxygen atoms in total. The molecule has 1 amide bonds. The van der Waals surface area contributed by atoms with Crippen LogP contribution in [0.2, 0.25) is 5.02 Å². The van der Waals surface area contributed by atoms with Crippen molar-refractivity contribution in [2.45, 2.75) is 25.8 Å². The summed E-state index contributed by atoms with van der Waals surface area (Å²) in [6.07, 6.45) is 4.68. The van der Waals surface area contributed by atoms with Crippen LogP contribution in [0, 0.1) is 6.92 Å². The van der Waals surface area contributed by atoms with Gasteiger partial charge in [-0.2, -0.15) is 20.0 Å². The van der Waals surface area contributed by atoms with Crippen molar-refractivity contribution in [2.75, 3.05) is 13.7 Å². The summed E-state index contributed by atoms with van der Waals surface area (Å²) < 4.78 is 10.9. The smallest absolute Gasteiger partial charge is 0.258 e. The number of carbonyl (C=O) groups excluding carboxylic acids is 1. The third-order valence-electron chi connectivity index (χ3n) is 5.61. The summed E-state index contributed by atoms with van der Waals surface area (Å²) >= 11 is 6.18. The zero-order valence-electron chi connectivity index (χ0n) is 18.1. The lowest BCUT2D eigenvalue weighted by molar-refractivity contribution is 0.0728. The van der Waals surface area contributed by atoms with Crippen molar-refractivity contribution in [3.8, 4) is 22.9 Å². The molecule has 0 bridgehead atoms. The Hall–Kier alpha value is -3.72. The average Bonchev–Trinajstić information content (AvgIpc) is 3.59. The van der Waals surface area contributed by atoms with Gasteiger partial charge in [0, 0.05) is 17.1 Å². The Morgan fingerprint density at radius 2 is 2.00 bits per heavy atom. The molecule has 0 radical (unpaired) electrons. The van der Waals surface area contributed by atoms with E-state index in [-0.39, 0.29) is 11.9 Å². The van der Waals surface area contributed by atoms with E-state index in [0.29, 0.717) is 40.3 Å². The second-order valence-electron chi connectivity index (χ2n) is 7.83. The average molecular weight is 465 g/mol. The molecule has 0 N–H and O–H groups in total. The molecule has 1 fully saturated rings. The predicted molar refractivity (Wildman–Crippen MR) is 120 cm³/mol. The van der Waals surface area contributed by atoms with E-state index >= 15 is 0 Å². The summed E-state index contributed by atoms with van der Waals surface area (Å²) in [6, 6.07) is 10.5. The number of carbonyl (C=O) groups is 1. The van der Waals surface area contributed by atoms with E-state index in [0.717, 1.165) is 24.0 Å². The topological polar surface area (TPSA) is 99.2 Å². The number of likely N-dealkylation sites (tertiary alicyclic amines) is 1. The highest BCUT2D eigenvalue weighted by Crippen LogP contribution is 2.34. The second kappa shape index (κ2) is 8.67. The van der Waals surface area contributed by atoms with Crippen molar-refractivity contribution >= 4 is 17.5 Å². The van der Waals surface area contributed by atoms with Gasteiger partial charge in [-0.3, -0.25) is 4.79 Å². The van der Waals surface area contributed by atoms with Crippen molar-refractivity contribution in [1.82, 2.24) is 30.0 Å². The van der Waals surface area contributed by atoms with Crippen LogP contribution in [0.5, 0.6) is 5.75 Å². The maximum atomic E-state index is 13.6. The van der Waals surface area contributed by atoms with Crippen LogP contribution in [0.4, 0.5) is 0 Å². The van der Waals surface area contributed by atoms with Gasteiger partial charge < -0.3 is 14.2 Å². The fraction of sp³-hybridized carbons (Fsp3) is 0.261. The summed E-state index contributed by atoms with van der Waals surface area (Å²) in [6.45, 7) is 2.55. The minimum atomic E-state index is -0.296. The van der Waals surface area contributed by atoms with Crippen LogP contribution in [0.25, 0.3) is 17.1 Å². The Kier molecular flexibility index (Phi) is 5.55. The molecule has 168 valence electrons. The molecule has 33 heavy (non-hydrogen) atoms. The molecular weight excluding hydrogens is 444 g/mol. The van der Waals surface area contributed by atoms with E-state index in [1.807, 2.05) is 25.1 Å². The van der Waals surface area contributed by atoms with Crippen LogP contribution in [-0.2, 0) is 0 Å². The lowest BCUT2D eigenvalue weighted by atomic mass is 10.1. The number of nitrogens with zero attached hydrogens (tertiary/aromatic N) is 6. The number of benzene rings is 2. The summed E-state index contributed by atoms with van der Waals surface area (Å²) in [7, 11) is 1.61. The molecule has 1 atom stereocenters. The fourth-order valence-corrected chi connectivity index (χ4v) is 4.27.